The van der Waals surface area contributed by atoms with Gasteiger partial charge in [-0.05, 0) is 51.6 Å². The first-order valence-electron chi connectivity index (χ1n) is 11.3. The fourth-order valence-corrected chi connectivity index (χ4v) is 3.66. The lowest BCUT2D eigenvalue weighted by Gasteiger charge is -2.11. The Morgan fingerprint density at radius 3 is 2.88 bits per heavy atom. The van der Waals surface area contributed by atoms with Crippen molar-refractivity contribution in [1.82, 2.24) is 29.5 Å². The van der Waals surface area contributed by atoms with E-state index >= 15 is 0 Å². The van der Waals surface area contributed by atoms with Gasteiger partial charge in [0.1, 0.15) is 11.4 Å². The quantitative estimate of drug-likeness (QED) is 0.337. The molecule has 0 amide bonds. The van der Waals surface area contributed by atoms with E-state index in [-0.39, 0.29) is 11.6 Å². The number of hydrogen-bond acceptors (Lipinski definition) is 7. The number of aromatic hydroxyl groups is 1. The number of aromatic nitrogens is 5. The number of H-pyrrole nitrogens is 2. The lowest BCUT2D eigenvalue weighted by atomic mass is 10.1. The fourth-order valence-electron chi connectivity index (χ4n) is 3.66. The molecule has 176 valence electrons. The lowest BCUT2D eigenvalue weighted by Crippen LogP contribution is -2.19. The highest BCUT2D eigenvalue weighted by molar-refractivity contribution is 5.64. The van der Waals surface area contributed by atoms with Crippen LogP contribution in [0.1, 0.15) is 25.0 Å². The van der Waals surface area contributed by atoms with Crippen molar-refractivity contribution in [3.63, 3.8) is 0 Å². The van der Waals surface area contributed by atoms with Crippen LogP contribution in [0.5, 0.6) is 11.6 Å². The molecule has 1 saturated carbocycles. The lowest BCUT2D eigenvalue weighted by molar-refractivity contribution is 0.281. The molecule has 0 saturated heterocycles. The number of nitrogens with one attached hydrogen (secondary N) is 2. The van der Waals surface area contributed by atoms with Gasteiger partial charge in [0.2, 0.25) is 5.88 Å². The molecule has 3 heterocycles. The Balaban J connectivity index is 1.56. The Morgan fingerprint density at radius 1 is 1.29 bits per heavy atom. The monoisotopic (exact) mass is 461 g/mol. The van der Waals surface area contributed by atoms with E-state index in [0.29, 0.717) is 29.0 Å². The van der Waals surface area contributed by atoms with Crippen molar-refractivity contribution in [3.8, 4) is 22.9 Å². The summed E-state index contributed by atoms with van der Waals surface area (Å²) in [5.74, 6) is 0.552. The van der Waals surface area contributed by atoms with Gasteiger partial charge in [-0.15, -0.1) is 0 Å². The average Bonchev–Trinajstić information content (AvgIpc) is 3.44. The fraction of sp³-hybridized carbons (Fsp3) is 0.333. The van der Waals surface area contributed by atoms with Crippen molar-refractivity contribution >= 4 is 11.7 Å². The third kappa shape index (κ3) is 4.86. The minimum atomic E-state index is -0.485. The van der Waals surface area contributed by atoms with Gasteiger partial charge in [-0.1, -0.05) is 12.1 Å². The van der Waals surface area contributed by atoms with Crippen LogP contribution >= 0.6 is 0 Å². The van der Waals surface area contributed by atoms with Gasteiger partial charge in [0.15, 0.2) is 11.1 Å². The molecule has 1 aliphatic rings. The Bertz CT molecular complexity index is 1500. The van der Waals surface area contributed by atoms with Crippen LogP contribution in [0.15, 0.2) is 46.3 Å². The van der Waals surface area contributed by atoms with Crippen molar-refractivity contribution in [2.45, 2.75) is 25.3 Å². The Morgan fingerprint density at radius 2 is 2.15 bits per heavy atom. The zero-order valence-corrected chi connectivity index (χ0v) is 19.2. The summed E-state index contributed by atoms with van der Waals surface area (Å²) >= 11 is 0. The van der Waals surface area contributed by atoms with Gasteiger partial charge < -0.3 is 19.7 Å². The van der Waals surface area contributed by atoms with E-state index in [1.54, 1.807) is 16.8 Å². The number of rotatable bonds is 8. The predicted molar refractivity (Wildman–Crippen MR) is 128 cm³/mol. The van der Waals surface area contributed by atoms with E-state index in [2.05, 4.69) is 20.0 Å². The molecule has 0 bridgehead atoms. The van der Waals surface area contributed by atoms with Crippen LogP contribution in [0, 0.1) is 0 Å². The molecule has 0 aliphatic heterocycles. The van der Waals surface area contributed by atoms with Crippen LogP contribution in [0.25, 0.3) is 23.0 Å². The number of imidazole rings is 1. The minimum Gasteiger partial charge on any atom is -0.494 e. The molecule has 34 heavy (non-hydrogen) atoms. The molecule has 4 aromatic rings. The first-order valence-corrected chi connectivity index (χ1v) is 11.3. The molecule has 1 aromatic carbocycles. The van der Waals surface area contributed by atoms with Gasteiger partial charge in [-0.3, -0.25) is 9.98 Å². The maximum absolute atomic E-state index is 11.5. The second-order valence-corrected chi connectivity index (χ2v) is 8.71. The molecule has 0 radical (unpaired) electrons. The third-order valence-corrected chi connectivity index (χ3v) is 5.53. The summed E-state index contributed by atoms with van der Waals surface area (Å²) in [6.07, 6.45) is 6.35. The minimum absolute atomic E-state index is 0.234. The highest BCUT2D eigenvalue weighted by Crippen LogP contribution is 2.24. The Hall–Kier alpha value is -3.92. The van der Waals surface area contributed by atoms with Crippen LogP contribution in [-0.4, -0.2) is 67.9 Å². The van der Waals surface area contributed by atoms with Gasteiger partial charge in [-0.25, -0.2) is 9.78 Å². The van der Waals surface area contributed by atoms with Crippen molar-refractivity contribution in [2.75, 3.05) is 27.2 Å². The normalized spacial score (nSPS) is 15.0. The van der Waals surface area contributed by atoms with Crippen molar-refractivity contribution < 1.29 is 9.84 Å². The number of benzene rings is 1. The van der Waals surface area contributed by atoms with Gasteiger partial charge in [0, 0.05) is 23.4 Å². The summed E-state index contributed by atoms with van der Waals surface area (Å²) in [6, 6.07) is 10.1. The van der Waals surface area contributed by atoms with E-state index in [4.69, 9.17) is 14.7 Å². The molecule has 0 atom stereocenters. The maximum Gasteiger partial charge on any atom is 0.326 e. The second-order valence-electron chi connectivity index (χ2n) is 8.71. The van der Waals surface area contributed by atoms with Crippen LogP contribution < -0.4 is 21.1 Å². The van der Waals surface area contributed by atoms with Crippen LogP contribution in [-0.2, 0) is 0 Å². The molecule has 0 spiro atoms. The summed E-state index contributed by atoms with van der Waals surface area (Å²) in [4.78, 5) is 28.2. The molecule has 10 heteroatoms. The number of aromatic amines is 2. The predicted octanol–water partition coefficient (Wildman–Crippen LogP) is 1.06. The summed E-state index contributed by atoms with van der Waals surface area (Å²) in [6.45, 7) is 1.60. The topological polar surface area (TPSA) is 124 Å². The molecule has 3 N–H and O–H groups in total. The number of hydrogen-bond donors (Lipinski definition) is 3. The second kappa shape index (κ2) is 9.14. The van der Waals surface area contributed by atoms with Crippen molar-refractivity contribution in [2.24, 2.45) is 4.99 Å². The van der Waals surface area contributed by atoms with Gasteiger partial charge in [-0.2, -0.15) is 9.61 Å². The largest absolute Gasteiger partial charge is 0.494 e. The highest BCUT2D eigenvalue weighted by atomic mass is 16.5. The Kier molecular flexibility index (Phi) is 5.89. The van der Waals surface area contributed by atoms with Crippen molar-refractivity contribution in [1.29, 1.82) is 0 Å². The maximum atomic E-state index is 11.5. The van der Waals surface area contributed by atoms with Gasteiger partial charge >= 0.3 is 5.69 Å². The molecule has 5 rings (SSSR count). The summed E-state index contributed by atoms with van der Waals surface area (Å²) in [5.41, 5.74) is 2.72. The van der Waals surface area contributed by atoms with Crippen molar-refractivity contribution in [3.05, 3.63) is 63.4 Å². The number of fused-ring (bicyclic) bond motifs is 1. The number of nitrogens with zero attached hydrogens (tertiary/aromatic N) is 5. The van der Waals surface area contributed by atoms with E-state index in [1.165, 1.54) is 0 Å². The van der Waals surface area contributed by atoms with Gasteiger partial charge in [0.05, 0.1) is 24.5 Å². The zero-order chi connectivity index (χ0) is 23.7. The summed E-state index contributed by atoms with van der Waals surface area (Å²) in [5, 5.41) is 15.1. The first-order chi connectivity index (χ1) is 16.5. The van der Waals surface area contributed by atoms with E-state index in [0.717, 1.165) is 42.8 Å². The molecule has 3 aromatic heterocycles. The molecule has 1 fully saturated rings. The van der Waals surface area contributed by atoms with Crippen LogP contribution in [0.2, 0.25) is 0 Å². The molecule has 1 aliphatic carbocycles. The summed E-state index contributed by atoms with van der Waals surface area (Å²) in [7, 11) is 4.09. The summed E-state index contributed by atoms with van der Waals surface area (Å²) < 4.78 is 7.64. The van der Waals surface area contributed by atoms with E-state index in [9.17, 15) is 9.90 Å². The van der Waals surface area contributed by atoms with Crippen LogP contribution in [0.3, 0.4) is 0 Å². The van der Waals surface area contributed by atoms with E-state index < -0.39 is 5.69 Å². The molecule has 0 unspecified atom stereocenters. The van der Waals surface area contributed by atoms with Gasteiger partial charge in [0.25, 0.3) is 0 Å². The zero-order valence-electron chi connectivity index (χ0n) is 19.2. The standard InChI is InChI=1S/C24H27N7O3/c1-30(2)9-4-10-34-18-6-3-5-15(11-18)19-13-21(26-17-7-8-17)31-22(27-19)16(14-25-31)12-20-23(32)29-24(33)28-20/h3,5-6,11-14,17,32H,4,7-10H2,1-2H3,(H2,28,29,33)/b16-12+,26-21?. The first kappa shape index (κ1) is 21.9. The molecular weight excluding hydrogens is 434 g/mol. The van der Waals surface area contributed by atoms with Crippen LogP contribution in [0.4, 0.5) is 0 Å². The molecule has 10 nitrogen and oxygen atoms in total. The SMILES string of the molecule is CN(C)CCCOc1cccc(-c2cc(=NC3CC3)n3nc/c(=C\c4[nH]c(=O)[nH]c4O)c3n2)c1. The third-order valence-electron chi connectivity index (χ3n) is 5.53. The smallest absolute Gasteiger partial charge is 0.326 e. The molecular formula is C24H27N7O3. The number of ether oxygens (including phenoxy) is 1. The Labute approximate surface area is 195 Å². The highest BCUT2D eigenvalue weighted by Gasteiger charge is 2.20. The average molecular weight is 462 g/mol. The van der Waals surface area contributed by atoms with E-state index in [1.807, 2.05) is 44.4 Å².